The lowest BCUT2D eigenvalue weighted by Gasteiger charge is -2.38. The number of H-pyrrole nitrogens is 1. The second kappa shape index (κ2) is 5.10. The predicted octanol–water partition coefficient (Wildman–Crippen LogP) is 2.75. The third-order valence-electron chi connectivity index (χ3n) is 4.49. The van der Waals surface area contributed by atoms with Gasteiger partial charge < -0.3 is 15.0 Å². The van der Waals surface area contributed by atoms with Gasteiger partial charge in [-0.3, -0.25) is 0 Å². The molecule has 0 aliphatic carbocycles. The van der Waals surface area contributed by atoms with E-state index in [1.807, 2.05) is 24.4 Å². The lowest BCUT2D eigenvalue weighted by atomic mass is 9.91. The Kier molecular flexibility index (Phi) is 3.08. The van der Waals surface area contributed by atoms with E-state index < -0.39 is 0 Å². The van der Waals surface area contributed by atoms with Crippen LogP contribution in [0.2, 0.25) is 0 Å². The normalized spacial score (nSPS) is 16.0. The number of aromatic nitrogens is 3. The van der Waals surface area contributed by atoms with Crippen LogP contribution in [0.5, 0.6) is 5.75 Å². The van der Waals surface area contributed by atoms with Crippen LogP contribution in [0.3, 0.4) is 0 Å². The quantitative estimate of drug-likeness (QED) is 0.779. The van der Waals surface area contributed by atoms with Crippen molar-refractivity contribution in [3.63, 3.8) is 0 Å². The van der Waals surface area contributed by atoms with Gasteiger partial charge in [-0.2, -0.15) is 0 Å². The van der Waals surface area contributed by atoms with Gasteiger partial charge in [0.2, 0.25) is 0 Å². The Balaban J connectivity index is 1.76. The van der Waals surface area contributed by atoms with Crippen molar-refractivity contribution < 1.29 is 5.11 Å². The molecular weight excluding hydrogens is 276 g/mol. The average Bonchev–Trinajstić information content (AvgIpc) is 2.90. The lowest BCUT2D eigenvalue weighted by Crippen LogP contribution is -2.44. The minimum Gasteiger partial charge on any atom is -0.507 e. The minimum absolute atomic E-state index is 0.231. The van der Waals surface area contributed by atoms with Gasteiger partial charge in [-0.05, 0) is 30.3 Å². The van der Waals surface area contributed by atoms with E-state index in [1.165, 1.54) is 5.56 Å². The minimum atomic E-state index is 0.231. The number of nitrogens with one attached hydrogen (secondary N) is 1. The molecule has 0 saturated carbocycles. The molecule has 1 aliphatic rings. The number of nitrogens with zero attached hydrogens (tertiary/aromatic N) is 3. The summed E-state index contributed by atoms with van der Waals surface area (Å²) < 4.78 is 0. The molecule has 1 saturated heterocycles. The van der Waals surface area contributed by atoms with Gasteiger partial charge in [-0.15, -0.1) is 10.2 Å². The predicted molar refractivity (Wildman–Crippen MR) is 85.8 cm³/mol. The maximum Gasteiger partial charge on any atom is 0.160 e. The third kappa shape index (κ3) is 2.05. The molecule has 0 spiro atoms. The Morgan fingerprint density at radius 3 is 2.86 bits per heavy atom. The first-order valence-electron chi connectivity index (χ1n) is 7.61. The van der Waals surface area contributed by atoms with Gasteiger partial charge in [0.25, 0.3) is 0 Å². The van der Waals surface area contributed by atoms with Crippen LogP contribution >= 0.6 is 0 Å². The molecule has 0 bridgehead atoms. The van der Waals surface area contributed by atoms with Gasteiger partial charge in [0.1, 0.15) is 5.75 Å². The number of likely N-dealkylation sites (tertiary alicyclic amines) is 1. The summed E-state index contributed by atoms with van der Waals surface area (Å²) >= 11 is 0. The first-order valence-corrected chi connectivity index (χ1v) is 7.61. The summed E-state index contributed by atoms with van der Waals surface area (Å²) in [5, 5.41) is 19.6. The zero-order chi connectivity index (χ0) is 15.1. The van der Waals surface area contributed by atoms with E-state index in [-0.39, 0.29) is 5.75 Å². The van der Waals surface area contributed by atoms with Crippen LogP contribution in [-0.4, -0.2) is 44.8 Å². The molecule has 2 N–H and O–H groups in total. The monoisotopic (exact) mass is 294 g/mol. The van der Waals surface area contributed by atoms with Crippen LogP contribution in [0, 0.1) is 0 Å². The molecule has 0 amide bonds. The molecular formula is C17H18N4O. The molecule has 0 radical (unpaired) electrons. The summed E-state index contributed by atoms with van der Waals surface area (Å²) in [6, 6.07) is 9.26. The number of benzene rings is 1. The highest BCUT2D eigenvalue weighted by atomic mass is 16.3. The van der Waals surface area contributed by atoms with Gasteiger partial charge in [-0.1, -0.05) is 19.1 Å². The maximum absolute atomic E-state index is 10.0. The Labute approximate surface area is 128 Å². The topological polar surface area (TPSA) is 65.0 Å². The highest BCUT2D eigenvalue weighted by Gasteiger charge is 2.29. The van der Waals surface area contributed by atoms with Crippen molar-refractivity contribution in [1.82, 2.24) is 20.1 Å². The van der Waals surface area contributed by atoms with Crippen molar-refractivity contribution >= 4 is 11.0 Å². The van der Waals surface area contributed by atoms with E-state index in [0.29, 0.717) is 17.2 Å². The summed E-state index contributed by atoms with van der Waals surface area (Å²) in [5.41, 5.74) is 3.53. The van der Waals surface area contributed by atoms with Crippen LogP contribution in [0.15, 0.2) is 36.5 Å². The van der Waals surface area contributed by atoms with Crippen LogP contribution in [0.25, 0.3) is 22.3 Å². The Morgan fingerprint density at radius 2 is 2.09 bits per heavy atom. The second-order valence-corrected chi connectivity index (χ2v) is 5.80. The molecule has 1 aliphatic heterocycles. The summed E-state index contributed by atoms with van der Waals surface area (Å²) in [6.45, 7) is 5.48. The number of para-hydroxylation sites is 1. The molecule has 0 unspecified atom stereocenters. The fourth-order valence-corrected chi connectivity index (χ4v) is 3.13. The molecule has 4 rings (SSSR count). The highest BCUT2D eigenvalue weighted by Crippen LogP contribution is 2.34. The zero-order valence-electron chi connectivity index (χ0n) is 12.5. The van der Waals surface area contributed by atoms with Gasteiger partial charge in [-0.25, -0.2) is 0 Å². The average molecular weight is 294 g/mol. The van der Waals surface area contributed by atoms with Crippen molar-refractivity contribution in [2.75, 3.05) is 19.6 Å². The van der Waals surface area contributed by atoms with Crippen molar-refractivity contribution in [1.29, 1.82) is 0 Å². The van der Waals surface area contributed by atoms with Crippen LogP contribution < -0.4 is 0 Å². The molecule has 22 heavy (non-hydrogen) atoms. The van der Waals surface area contributed by atoms with Crippen molar-refractivity contribution in [2.45, 2.75) is 12.8 Å². The van der Waals surface area contributed by atoms with Crippen molar-refractivity contribution in [3.05, 3.63) is 42.1 Å². The van der Waals surface area contributed by atoms with E-state index in [1.54, 1.807) is 12.1 Å². The van der Waals surface area contributed by atoms with Crippen LogP contribution in [0.4, 0.5) is 0 Å². The number of fused-ring (bicyclic) bond motifs is 1. The smallest absolute Gasteiger partial charge is 0.160 e. The Bertz CT molecular complexity index is 820. The molecule has 112 valence electrons. The number of likely N-dealkylation sites (N-methyl/N-ethyl adjacent to an activating group) is 1. The molecule has 3 aromatic rings. The molecule has 1 fully saturated rings. The first-order chi connectivity index (χ1) is 10.8. The van der Waals surface area contributed by atoms with Gasteiger partial charge in [0.05, 0.1) is 5.69 Å². The number of rotatable bonds is 3. The molecule has 0 atom stereocenters. The summed E-state index contributed by atoms with van der Waals surface area (Å²) in [4.78, 5) is 5.63. The summed E-state index contributed by atoms with van der Waals surface area (Å²) in [5.74, 6) is 0.782. The van der Waals surface area contributed by atoms with E-state index in [0.717, 1.165) is 30.7 Å². The Hall–Kier alpha value is -2.40. The van der Waals surface area contributed by atoms with E-state index in [4.69, 9.17) is 0 Å². The third-order valence-corrected chi connectivity index (χ3v) is 4.49. The fourth-order valence-electron chi connectivity index (χ4n) is 3.13. The standard InChI is InChI=1S/C17H18N4O/c1-2-21-9-11(10-21)14-8-18-17-13(14)7-15(19-20-17)12-5-3-4-6-16(12)22/h3-8,11,22H,2,9-10H2,1H3,(H,18,20). The number of aromatic hydroxyl groups is 1. The first kappa shape index (κ1) is 13.3. The second-order valence-electron chi connectivity index (χ2n) is 5.80. The van der Waals surface area contributed by atoms with Crippen LogP contribution in [0.1, 0.15) is 18.4 Å². The van der Waals surface area contributed by atoms with E-state index >= 15 is 0 Å². The molecule has 5 heteroatoms. The maximum atomic E-state index is 10.0. The van der Waals surface area contributed by atoms with Crippen LogP contribution in [-0.2, 0) is 0 Å². The molecule has 3 heterocycles. The Morgan fingerprint density at radius 1 is 1.27 bits per heavy atom. The number of phenolic OH excluding ortho intramolecular Hbond substituents is 1. The van der Waals surface area contributed by atoms with Gasteiger partial charge in [0.15, 0.2) is 5.65 Å². The van der Waals surface area contributed by atoms with Gasteiger partial charge >= 0.3 is 0 Å². The molecule has 5 nitrogen and oxygen atoms in total. The largest absolute Gasteiger partial charge is 0.507 e. The zero-order valence-corrected chi connectivity index (χ0v) is 12.5. The van der Waals surface area contributed by atoms with Crippen molar-refractivity contribution in [3.8, 4) is 17.0 Å². The summed E-state index contributed by atoms with van der Waals surface area (Å²) in [6.07, 6.45) is 2.05. The number of hydrogen-bond donors (Lipinski definition) is 2. The lowest BCUT2D eigenvalue weighted by molar-refractivity contribution is 0.158. The van der Waals surface area contributed by atoms with E-state index in [2.05, 4.69) is 27.0 Å². The number of aromatic amines is 1. The molecule has 1 aromatic carbocycles. The number of hydrogen-bond acceptors (Lipinski definition) is 4. The van der Waals surface area contributed by atoms with Crippen molar-refractivity contribution in [2.24, 2.45) is 0 Å². The van der Waals surface area contributed by atoms with Gasteiger partial charge in [0, 0.05) is 36.2 Å². The fraction of sp³-hybridized carbons (Fsp3) is 0.294. The molecule has 2 aromatic heterocycles. The highest BCUT2D eigenvalue weighted by molar-refractivity contribution is 5.84. The number of phenols is 1. The SMILES string of the molecule is CCN1CC(c2c[nH]c3nnc(-c4ccccc4O)cc23)C1. The summed E-state index contributed by atoms with van der Waals surface area (Å²) in [7, 11) is 0. The van der Waals surface area contributed by atoms with E-state index in [9.17, 15) is 5.11 Å².